The summed E-state index contributed by atoms with van der Waals surface area (Å²) in [5.74, 6) is -0.304. The van der Waals surface area contributed by atoms with Gasteiger partial charge >= 0.3 is 0 Å². The molecule has 2 rings (SSSR count). The van der Waals surface area contributed by atoms with E-state index in [0.29, 0.717) is 12.1 Å². The Morgan fingerprint density at radius 1 is 1.41 bits per heavy atom. The van der Waals surface area contributed by atoms with Crippen LogP contribution in [-0.4, -0.2) is 15.8 Å². The summed E-state index contributed by atoms with van der Waals surface area (Å²) < 4.78 is 0. The quantitative estimate of drug-likeness (QED) is 0.522. The van der Waals surface area contributed by atoms with Crippen molar-refractivity contribution in [3.63, 3.8) is 0 Å². The van der Waals surface area contributed by atoms with Gasteiger partial charge in [-0.3, -0.25) is 19.9 Å². The van der Waals surface area contributed by atoms with E-state index in [1.807, 2.05) is 6.07 Å². The Morgan fingerprint density at radius 3 is 2.91 bits per heavy atom. The van der Waals surface area contributed by atoms with Crippen LogP contribution in [0.15, 0.2) is 48.8 Å². The molecule has 1 N–H and O–H groups in total. The minimum atomic E-state index is -0.567. The number of nitro groups is 1. The molecule has 1 heterocycles. The van der Waals surface area contributed by atoms with Gasteiger partial charge in [0.05, 0.1) is 4.92 Å². The molecular weight excluding hydrogens is 306 g/mol. The average Bonchev–Trinajstić information content (AvgIpc) is 2.53. The molecule has 0 saturated heterocycles. The van der Waals surface area contributed by atoms with Gasteiger partial charge in [0, 0.05) is 31.1 Å². The number of pyridine rings is 1. The second kappa shape index (κ2) is 7.33. The van der Waals surface area contributed by atoms with Crippen LogP contribution in [0.2, 0.25) is 5.02 Å². The van der Waals surface area contributed by atoms with E-state index in [4.69, 9.17) is 11.6 Å². The fourth-order valence-electron chi connectivity index (χ4n) is 1.70. The monoisotopic (exact) mass is 317 g/mol. The molecule has 7 heteroatoms. The number of nitro benzene ring substituents is 1. The highest BCUT2D eigenvalue weighted by atomic mass is 35.5. The smallest absolute Gasteiger partial charge is 0.288 e. The zero-order valence-electron chi connectivity index (χ0n) is 11.4. The van der Waals surface area contributed by atoms with Crippen molar-refractivity contribution in [2.75, 3.05) is 0 Å². The van der Waals surface area contributed by atoms with E-state index in [1.165, 1.54) is 24.3 Å². The standard InChI is InChI=1S/C15H12ClN3O3/c16-13-5-3-11(8-14(13)19(21)22)4-6-15(20)18-10-12-2-1-7-17-9-12/h1-9H,10H2,(H,18,20)/b6-4+. The van der Waals surface area contributed by atoms with Crippen LogP contribution < -0.4 is 5.32 Å². The number of rotatable bonds is 5. The third-order valence-electron chi connectivity index (χ3n) is 2.78. The van der Waals surface area contributed by atoms with E-state index < -0.39 is 4.92 Å². The highest BCUT2D eigenvalue weighted by Gasteiger charge is 2.11. The molecule has 0 fully saturated rings. The molecule has 22 heavy (non-hydrogen) atoms. The normalized spacial score (nSPS) is 10.6. The fourth-order valence-corrected chi connectivity index (χ4v) is 1.88. The Morgan fingerprint density at radius 2 is 2.23 bits per heavy atom. The first-order valence-electron chi connectivity index (χ1n) is 6.35. The molecule has 2 aromatic rings. The van der Waals surface area contributed by atoms with Crippen molar-refractivity contribution < 1.29 is 9.72 Å². The number of benzene rings is 1. The van der Waals surface area contributed by atoms with Crippen molar-refractivity contribution in [2.45, 2.75) is 6.54 Å². The molecule has 0 spiro atoms. The molecule has 112 valence electrons. The van der Waals surface area contributed by atoms with Crippen molar-refractivity contribution >= 4 is 29.3 Å². The Bertz CT molecular complexity index is 717. The van der Waals surface area contributed by atoms with Gasteiger partial charge in [0.15, 0.2) is 0 Å². The summed E-state index contributed by atoms with van der Waals surface area (Å²) in [6.07, 6.45) is 6.11. The molecule has 1 aromatic heterocycles. The van der Waals surface area contributed by atoms with Crippen molar-refractivity contribution in [1.82, 2.24) is 10.3 Å². The molecule has 0 aliphatic rings. The molecular formula is C15H12ClN3O3. The van der Waals surface area contributed by atoms with Crippen molar-refractivity contribution in [1.29, 1.82) is 0 Å². The van der Waals surface area contributed by atoms with Crippen LogP contribution in [0.5, 0.6) is 0 Å². The fraction of sp³-hybridized carbons (Fsp3) is 0.0667. The zero-order chi connectivity index (χ0) is 15.9. The second-order valence-corrected chi connectivity index (χ2v) is 4.79. The number of carbonyl (C=O) groups excluding carboxylic acids is 1. The molecule has 0 radical (unpaired) electrons. The van der Waals surface area contributed by atoms with E-state index in [9.17, 15) is 14.9 Å². The van der Waals surface area contributed by atoms with Gasteiger partial charge in [-0.05, 0) is 29.3 Å². The summed E-state index contributed by atoms with van der Waals surface area (Å²) in [6.45, 7) is 0.359. The lowest BCUT2D eigenvalue weighted by molar-refractivity contribution is -0.384. The summed E-state index contributed by atoms with van der Waals surface area (Å²) >= 11 is 5.72. The van der Waals surface area contributed by atoms with E-state index in [0.717, 1.165) is 5.56 Å². The van der Waals surface area contributed by atoms with Gasteiger partial charge in [0.1, 0.15) is 5.02 Å². The highest BCUT2D eigenvalue weighted by molar-refractivity contribution is 6.32. The summed E-state index contributed by atoms with van der Waals surface area (Å²) in [5, 5.41) is 13.5. The molecule has 0 aliphatic carbocycles. The average molecular weight is 318 g/mol. The SMILES string of the molecule is O=C(/C=C/c1ccc(Cl)c([N+](=O)[O-])c1)NCc1cccnc1. The number of hydrogen-bond donors (Lipinski definition) is 1. The molecule has 1 amide bonds. The number of hydrogen-bond acceptors (Lipinski definition) is 4. The largest absolute Gasteiger partial charge is 0.348 e. The first kappa shape index (κ1) is 15.7. The molecule has 0 bridgehead atoms. The van der Waals surface area contributed by atoms with Crippen LogP contribution in [0.4, 0.5) is 5.69 Å². The summed E-state index contributed by atoms with van der Waals surface area (Å²) in [7, 11) is 0. The van der Waals surface area contributed by atoms with Gasteiger partial charge in [-0.15, -0.1) is 0 Å². The number of nitrogens with one attached hydrogen (secondary N) is 1. The van der Waals surface area contributed by atoms with Gasteiger partial charge in [-0.1, -0.05) is 23.7 Å². The first-order valence-corrected chi connectivity index (χ1v) is 6.73. The summed E-state index contributed by atoms with van der Waals surface area (Å²) in [6, 6.07) is 7.96. The van der Waals surface area contributed by atoms with Gasteiger partial charge in [0.25, 0.3) is 5.69 Å². The first-order chi connectivity index (χ1) is 10.6. The lowest BCUT2D eigenvalue weighted by atomic mass is 10.2. The third kappa shape index (κ3) is 4.39. The Labute approximate surface area is 131 Å². The summed E-state index contributed by atoms with van der Waals surface area (Å²) in [5.41, 5.74) is 1.21. The van der Waals surface area contributed by atoms with Gasteiger partial charge in [-0.25, -0.2) is 0 Å². The minimum Gasteiger partial charge on any atom is -0.348 e. The number of carbonyl (C=O) groups is 1. The van der Waals surface area contributed by atoms with E-state index in [-0.39, 0.29) is 16.6 Å². The Balaban J connectivity index is 1.98. The van der Waals surface area contributed by atoms with Crippen LogP contribution in [0.25, 0.3) is 6.08 Å². The van der Waals surface area contributed by atoms with Gasteiger partial charge in [0.2, 0.25) is 5.91 Å². The maximum Gasteiger partial charge on any atom is 0.288 e. The number of halogens is 1. The van der Waals surface area contributed by atoms with Crippen LogP contribution in [0.1, 0.15) is 11.1 Å². The number of aromatic nitrogens is 1. The van der Waals surface area contributed by atoms with E-state index in [2.05, 4.69) is 10.3 Å². The topological polar surface area (TPSA) is 85.1 Å². The second-order valence-electron chi connectivity index (χ2n) is 4.38. The number of amides is 1. The molecule has 1 aromatic carbocycles. The minimum absolute atomic E-state index is 0.0585. The van der Waals surface area contributed by atoms with Crippen molar-refractivity contribution in [3.05, 3.63) is 75.1 Å². The lowest BCUT2D eigenvalue weighted by Gasteiger charge is -2.01. The van der Waals surface area contributed by atoms with Crippen LogP contribution in [0, 0.1) is 10.1 Å². The molecule has 0 saturated carbocycles. The maximum absolute atomic E-state index is 11.7. The highest BCUT2D eigenvalue weighted by Crippen LogP contribution is 2.25. The molecule has 0 unspecified atom stereocenters. The molecule has 0 atom stereocenters. The Hall–Kier alpha value is -2.73. The third-order valence-corrected chi connectivity index (χ3v) is 3.10. The van der Waals surface area contributed by atoms with Crippen molar-refractivity contribution in [3.8, 4) is 0 Å². The van der Waals surface area contributed by atoms with Crippen LogP contribution >= 0.6 is 11.6 Å². The summed E-state index contributed by atoms with van der Waals surface area (Å²) in [4.78, 5) is 25.9. The molecule has 6 nitrogen and oxygen atoms in total. The molecule has 0 aliphatic heterocycles. The maximum atomic E-state index is 11.7. The Kier molecular flexibility index (Phi) is 5.21. The van der Waals surface area contributed by atoms with Crippen molar-refractivity contribution in [2.24, 2.45) is 0 Å². The lowest BCUT2D eigenvalue weighted by Crippen LogP contribution is -2.20. The predicted octanol–water partition coefficient (Wildman–Crippen LogP) is 2.97. The van der Waals surface area contributed by atoms with Crippen LogP contribution in [0.3, 0.4) is 0 Å². The van der Waals surface area contributed by atoms with E-state index in [1.54, 1.807) is 24.5 Å². The van der Waals surface area contributed by atoms with E-state index >= 15 is 0 Å². The number of nitrogens with zero attached hydrogens (tertiary/aromatic N) is 2. The zero-order valence-corrected chi connectivity index (χ0v) is 12.2. The van der Waals surface area contributed by atoms with Gasteiger partial charge in [-0.2, -0.15) is 0 Å². The van der Waals surface area contributed by atoms with Crippen LogP contribution in [-0.2, 0) is 11.3 Å². The van der Waals surface area contributed by atoms with Gasteiger partial charge < -0.3 is 5.32 Å². The predicted molar refractivity (Wildman–Crippen MR) is 83.2 cm³/mol.